The zero-order valence-corrected chi connectivity index (χ0v) is 35.3. The maximum atomic E-state index is 14.7. The van der Waals surface area contributed by atoms with Gasteiger partial charge in [-0.3, -0.25) is 23.5 Å². The van der Waals surface area contributed by atoms with E-state index in [1.807, 2.05) is 0 Å². The minimum Gasteiger partial charge on any atom is -0.494 e. The number of pyridine rings is 2. The molecule has 22 heteroatoms. The van der Waals surface area contributed by atoms with Crippen molar-refractivity contribution in [2.45, 2.75) is 13.8 Å². The monoisotopic (exact) mass is 934 g/mol. The van der Waals surface area contributed by atoms with Gasteiger partial charge in [-0.25, -0.2) is 28.8 Å². The van der Waals surface area contributed by atoms with Crippen LogP contribution in [-0.4, -0.2) is 96.4 Å². The quantitative estimate of drug-likeness (QED) is 0.0922. The van der Waals surface area contributed by atoms with Crippen LogP contribution in [0.5, 0.6) is 5.88 Å². The van der Waals surface area contributed by atoms with Crippen LogP contribution in [0.1, 0.15) is 89.2 Å². The molecule has 22 nitrogen and oxygen atoms in total. The van der Waals surface area contributed by atoms with Crippen molar-refractivity contribution in [2.75, 3.05) is 5.01 Å². The number of rotatable bonds is 12. The average Bonchev–Trinajstić information content (AvgIpc) is 3.84. The third-order valence-corrected chi connectivity index (χ3v) is 11.1. The van der Waals surface area contributed by atoms with Gasteiger partial charge in [0.05, 0.1) is 67.3 Å². The summed E-state index contributed by atoms with van der Waals surface area (Å²) in [6.45, 7) is 2.75. The molecule has 3 aliphatic rings. The minimum atomic E-state index is -1.53. The molecule has 4 heterocycles. The number of aromatic nitrogens is 4. The number of carboxylic acids is 6. The molecule has 0 radical (unpaired) electrons. The SMILES string of the molecule is Cc1c(C=CC=c2c(C)c3c(n(-c4ccccc4C(=O)O)c2=O)=NN(c2cc(C(=O)O)cc(C(=O)O)c2)C3=O)c(O)n(-c2ccccc2C(=O)O)c2nn(-c3cc(C(=O)O)cc(C(=O)O)c3)c(=O)c1-2. The van der Waals surface area contributed by atoms with Gasteiger partial charge in [-0.1, -0.05) is 30.3 Å². The van der Waals surface area contributed by atoms with Gasteiger partial charge in [0.1, 0.15) is 0 Å². The van der Waals surface area contributed by atoms with E-state index in [4.69, 9.17) is 0 Å². The Balaban J connectivity index is 1.39. The molecule has 0 fully saturated rings. The minimum absolute atomic E-state index is 0.00714. The van der Waals surface area contributed by atoms with E-state index in [0.29, 0.717) is 9.69 Å². The normalized spacial score (nSPS) is 12.3. The van der Waals surface area contributed by atoms with E-state index in [2.05, 4.69) is 10.2 Å². The lowest BCUT2D eigenvalue weighted by Gasteiger charge is -2.19. The number of anilines is 1. The van der Waals surface area contributed by atoms with Crippen molar-refractivity contribution in [1.82, 2.24) is 18.9 Å². The number of benzene rings is 4. The van der Waals surface area contributed by atoms with Crippen molar-refractivity contribution in [2.24, 2.45) is 5.10 Å². The number of carbonyl (C=O) groups is 7. The molecule has 4 aromatic carbocycles. The lowest BCUT2D eigenvalue weighted by Crippen LogP contribution is -2.45. The highest BCUT2D eigenvalue weighted by Crippen LogP contribution is 2.37. The second-order valence-corrected chi connectivity index (χ2v) is 15.1. The molecule has 5 aromatic rings. The van der Waals surface area contributed by atoms with Crippen LogP contribution in [0, 0.1) is 13.8 Å². The van der Waals surface area contributed by atoms with E-state index in [9.17, 15) is 78.9 Å². The van der Waals surface area contributed by atoms with E-state index >= 15 is 0 Å². The fourth-order valence-electron chi connectivity index (χ4n) is 7.89. The molecule has 0 unspecified atom stereocenters. The summed E-state index contributed by atoms with van der Waals surface area (Å²) in [6, 6.07) is 16.2. The van der Waals surface area contributed by atoms with Gasteiger partial charge in [0.2, 0.25) is 5.88 Å². The molecule has 3 aliphatic heterocycles. The van der Waals surface area contributed by atoms with E-state index in [0.717, 1.165) is 45.5 Å². The summed E-state index contributed by atoms with van der Waals surface area (Å²) in [5.41, 5.74) is -6.94. The molecule has 0 saturated heterocycles. The van der Waals surface area contributed by atoms with Crippen LogP contribution in [0.3, 0.4) is 0 Å². The van der Waals surface area contributed by atoms with Crippen molar-refractivity contribution >= 4 is 59.6 Å². The first-order valence-electron chi connectivity index (χ1n) is 19.8. The number of fused-ring (bicyclic) bond motifs is 2. The van der Waals surface area contributed by atoms with Crippen LogP contribution >= 0.6 is 0 Å². The van der Waals surface area contributed by atoms with Crippen LogP contribution in [0.15, 0.2) is 106 Å². The first kappa shape index (κ1) is 45.3. The molecule has 0 bridgehead atoms. The first-order valence-corrected chi connectivity index (χ1v) is 19.8. The molecule has 1 amide bonds. The molecule has 8 rings (SSSR count). The standard InChI is InChI=1S/C47H30N6O16/c1-20-28(38(54)50(32-12-5-3-8-30(32)46(66)67)36-34(20)40(56)52(48-36)26-16-22(42(58)59)14-23(17-26)43(60)61)10-7-11-29-21(2)35-37(51(39(29)55)33-13-6-4-9-31(33)47(68)69)49-53(41(35)57)27-18-24(44(62)63)15-25(19-27)45(64)65/h3-19,54H,1-2H3,(H,58,59)(H,60,61)(H,62,63)(H,64,65)(H,66,67)(H,68,69). The van der Waals surface area contributed by atoms with Crippen LogP contribution in [-0.2, 0) is 0 Å². The highest BCUT2D eigenvalue weighted by Gasteiger charge is 2.34. The fourth-order valence-corrected chi connectivity index (χ4v) is 7.89. The van der Waals surface area contributed by atoms with E-state index < -0.39 is 92.0 Å². The summed E-state index contributed by atoms with van der Waals surface area (Å²) in [6.07, 6.45) is 3.63. The average molecular weight is 935 g/mol. The van der Waals surface area contributed by atoms with E-state index in [1.54, 1.807) is 0 Å². The molecule has 0 saturated carbocycles. The third-order valence-electron chi connectivity index (χ3n) is 11.1. The molecule has 0 atom stereocenters. The van der Waals surface area contributed by atoms with E-state index in [-0.39, 0.29) is 67.2 Å². The van der Waals surface area contributed by atoms with Gasteiger partial charge in [-0.05, 0) is 97.8 Å². The number of amides is 1. The predicted molar refractivity (Wildman–Crippen MR) is 238 cm³/mol. The summed E-state index contributed by atoms with van der Waals surface area (Å²) in [4.78, 5) is 116. The number of nitrogens with zero attached hydrogens (tertiary/aromatic N) is 6. The van der Waals surface area contributed by atoms with Crippen molar-refractivity contribution in [3.05, 3.63) is 178 Å². The van der Waals surface area contributed by atoms with Crippen LogP contribution in [0.25, 0.3) is 40.6 Å². The van der Waals surface area contributed by atoms with Gasteiger partial charge in [-0.15, -0.1) is 10.2 Å². The summed E-state index contributed by atoms with van der Waals surface area (Å²) in [7, 11) is 0. The Hall–Kier alpha value is -10.3. The summed E-state index contributed by atoms with van der Waals surface area (Å²) < 4.78 is 2.46. The smallest absolute Gasteiger partial charge is 0.337 e. The molecule has 69 heavy (non-hydrogen) atoms. The second kappa shape index (κ2) is 17.0. The number of carboxylic acid groups (broad SMARTS) is 6. The number of hydrogen-bond acceptors (Lipinski definition) is 12. The number of carbonyl (C=O) groups excluding carboxylic acids is 1. The topological polar surface area (TPSA) is 339 Å². The zero-order valence-electron chi connectivity index (χ0n) is 35.3. The number of aromatic carboxylic acids is 6. The van der Waals surface area contributed by atoms with Gasteiger partial charge in [0.15, 0.2) is 11.3 Å². The largest absolute Gasteiger partial charge is 0.494 e. The number of allylic oxidation sites excluding steroid dienone is 1. The van der Waals surface area contributed by atoms with Crippen molar-refractivity contribution in [1.29, 1.82) is 0 Å². The third kappa shape index (κ3) is 7.59. The predicted octanol–water partition coefficient (Wildman–Crippen LogP) is 3.48. The van der Waals surface area contributed by atoms with Crippen LogP contribution in [0.2, 0.25) is 0 Å². The molecular formula is C47H30N6O16. The van der Waals surface area contributed by atoms with Gasteiger partial charge in [-0.2, -0.15) is 9.69 Å². The Bertz CT molecular complexity index is 3700. The molecule has 7 N–H and O–H groups in total. The maximum Gasteiger partial charge on any atom is 0.337 e. The fraction of sp³-hybridized carbons (Fsp3) is 0.0426. The Morgan fingerprint density at radius 2 is 1.04 bits per heavy atom. The number of hydrogen-bond donors (Lipinski definition) is 7. The van der Waals surface area contributed by atoms with Gasteiger partial charge >= 0.3 is 35.8 Å². The molecule has 0 aliphatic carbocycles. The van der Waals surface area contributed by atoms with Gasteiger partial charge in [0.25, 0.3) is 17.0 Å². The van der Waals surface area contributed by atoms with Gasteiger partial charge in [0, 0.05) is 10.8 Å². The zero-order chi connectivity index (χ0) is 49.9. The molecule has 0 spiro atoms. The molecule has 344 valence electrons. The molecule has 1 aromatic heterocycles. The Morgan fingerprint density at radius 3 is 1.54 bits per heavy atom. The highest BCUT2D eigenvalue weighted by molar-refractivity contribution is 6.09. The second-order valence-electron chi connectivity index (χ2n) is 15.1. The molecular weight excluding hydrogens is 905 g/mol. The Labute approximate surface area is 383 Å². The van der Waals surface area contributed by atoms with Gasteiger partial charge < -0.3 is 35.7 Å². The van der Waals surface area contributed by atoms with Crippen molar-refractivity contribution in [3.8, 4) is 34.3 Å². The highest BCUT2D eigenvalue weighted by atomic mass is 16.4. The maximum absolute atomic E-state index is 14.7. The van der Waals surface area contributed by atoms with Crippen molar-refractivity contribution < 1.29 is 69.3 Å². The Kier molecular flexibility index (Phi) is 11.1. The summed E-state index contributed by atoms with van der Waals surface area (Å²) in [5.74, 6) is -11.1. The van der Waals surface area contributed by atoms with Crippen LogP contribution < -0.4 is 26.8 Å². The lowest BCUT2D eigenvalue weighted by molar-refractivity contribution is 0.0676. The summed E-state index contributed by atoms with van der Waals surface area (Å²) >= 11 is 0. The van der Waals surface area contributed by atoms with E-state index in [1.165, 1.54) is 80.6 Å². The van der Waals surface area contributed by atoms with Crippen LogP contribution in [0.4, 0.5) is 5.69 Å². The first-order chi connectivity index (χ1) is 32.7. The number of aromatic hydroxyl groups is 1. The number of para-hydroxylation sites is 2. The summed E-state index contributed by atoms with van der Waals surface area (Å²) in [5, 5.41) is 80.3. The lowest BCUT2D eigenvalue weighted by atomic mass is 10.0. The Morgan fingerprint density at radius 1 is 0.565 bits per heavy atom. The van der Waals surface area contributed by atoms with Crippen molar-refractivity contribution in [3.63, 3.8) is 0 Å².